The molecule has 2 aromatic heterocycles. The first-order chi connectivity index (χ1) is 13.7. The first-order valence-electron chi connectivity index (χ1n) is 8.42. The number of rotatable bonds is 7. The van der Waals surface area contributed by atoms with Crippen molar-refractivity contribution in [3.8, 4) is 5.75 Å². The maximum atomic E-state index is 12.2. The van der Waals surface area contributed by atoms with Crippen molar-refractivity contribution in [1.29, 1.82) is 0 Å². The van der Waals surface area contributed by atoms with Crippen LogP contribution in [0.2, 0.25) is 0 Å². The van der Waals surface area contributed by atoms with Gasteiger partial charge in [0.05, 0.1) is 16.4 Å². The van der Waals surface area contributed by atoms with Crippen LogP contribution in [-0.2, 0) is 17.9 Å². The molecule has 2 aromatic carbocycles. The number of para-hydroxylation sites is 1. The van der Waals surface area contributed by atoms with E-state index < -0.39 is 0 Å². The minimum Gasteiger partial charge on any atom is -0.487 e. The number of fused-ring (bicyclic) bond motifs is 1. The molecule has 140 valence electrons. The van der Waals surface area contributed by atoms with E-state index in [0.717, 1.165) is 16.5 Å². The number of thiazole rings is 1. The summed E-state index contributed by atoms with van der Waals surface area (Å²) in [5, 5.41) is 11.3. The summed E-state index contributed by atoms with van der Waals surface area (Å²) in [7, 11) is 0. The number of benzene rings is 2. The highest BCUT2D eigenvalue weighted by Crippen LogP contribution is 2.25. The van der Waals surface area contributed by atoms with Gasteiger partial charge in [0.2, 0.25) is 5.91 Å². The number of nitrogens with one attached hydrogen (secondary N) is 1. The fourth-order valence-corrected chi connectivity index (χ4v) is 3.40. The monoisotopic (exact) mass is 393 g/mol. The molecule has 2 heterocycles. The molecular formula is C19H15N5O3S. The molecule has 0 atom stereocenters. The lowest BCUT2D eigenvalue weighted by Gasteiger charge is -2.03. The van der Waals surface area contributed by atoms with Crippen molar-refractivity contribution in [3.05, 3.63) is 66.0 Å². The maximum absolute atomic E-state index is 12.2. The summed E-state index contributed by atoms with van der Waals surface area (Å²) in [4.78, 5) is 27.2. The van der Waals surface area contributed by atoms with E-state index in [2.05, 4.69) is 20.6 Å². The van der Waals surface area contributed by atoms with Gasteiger partial charge in [-0.2, -0.15) is 0 Å². The zero-order valence-electron chi connectivity index (χ0n) is 14.6. The van der Waals surface area contributed by atoms with Crippen LogP contribution >= 0.6 is 11.3 Å². The Morgan fingerprint density at radius 3 is 2.79 bits per heavy atom. The Labute approximate surface area is 163 Å². The van der Waals surface area contributed by atoms with E-state index in [9.17, 15) is 9.59 Å². The Morgan fingerprint density at radius 2 is 2.00 bits per heavy atom. The van der Waals surface area contributed by atoms with Gasteiger partial charge in [-0.3, -0.25) is 9.59 Å². The van der Waals surface area contributed by atoms with Gasteiger partial charge in [0.15, 0.2) is 5.13 Å². The highest BCUT2D eigenvalue weighted by molar-refractivity contribution is 7.22. The quantitative estimate of drug-likeness (QED) is 0.485. The zero-order chi connectivity index (χ0) is 19.3. The normalized spacial score (nSPS) is 10.7. The van der Waals surface area contributed by atoms with Crippen LogP contribution in [-0.4, -0.2) is 32.2 Å². The highest BCUT2D eigenvalue weighted by atomic mass is 32.1. The Bertz CT molecular complexity index is 1090. The Balaban J connectivity index is 1.32. The Kier molecular flexibility index (Phi) is 5.07. The standard InChI is InChI=1S/C19H15N5O3S/c25-11-13-5-7-15(8-6-13)27-12-14-9-24(23-22-14)10-18(26)21-19-20-16-3-1-2-4-17(16)28-19/h1-9,11H,10,12H2,(H,20,21,26). The molecule has 9 heteroatoms. The molecule has 28 heavy (non-hydrogen) atoms. The van der Waals surface area contributed by atoms with Gasteiger partial charge >= 0.3 is 0 Å². The molecule has 1 N–H and O–H groups in total. The van der Waals surface area contributed by atoms with Gasteiger partial charge in [-0.05, 0) is 36.4 Å². The van der Waals surface area contributed by atoms with Gasteiger partial charge in [-0.1, -0.05) is 28.7 Å². The molecule has 0 fully saturated rings. The molecule has 1 amide bonds. The van der Waals surface area contributed by atoms with Crippen LogP contribution in [0.25, 0.3) is 10.2 Å². The van der Waals surface area contributed by atoms with E-state index in [4.69, 9.17) is 4.74 Å². The first-order valence-corrected chi connectivity index (χ1v) is 9.24. The van der Waals surface area contributed by atoms with Gasteiger partial charge in [0.25, 0.3) is 0 Å². The fourth-order valence-electron chi connectivity index (χ4n) is 2.51. The van der Waals surface area contributed by atoms with Crippen molar-refractivity contribution >= 4 is 38.9 Å². The second-order valence-electron chi connectivity index (χ2n) is 5.92. The molecule has 0 aliphatic carbocycles. The first kappa shape index (κ1) is 17.8. The minimum atomic E-state index is -0.235. The third-order valence-corrected chi connectivity index (χ3v) is 4.79. The largest absolute Gasteiger partial charge is 0.487 e. The average molecular weight is 393 g/mol. The van der Waals surface area contributed by atoms with E-state index in [-0.39, 0.29) is 19.1 Å². The fraction of sp³-hybridized carbons (Fsp3) is 0.105. The lowest BCUT2D eigenvalue weighted by Crippen LogP contribution is -2.19. The predicted molar refractivity (Wildman–Crippen MR) is 104 cm³/mol. The minimum absolute atomic E-state index is 0.0248. The van der Waals surface area contributed by atoms with Crippen LogP contribution in [0.5, 0.6) is 5.75 Å². The van der Waals surface area contributed by atoms with E-state index in [0.29, 0.717) is 22.1 Å². The van der Waals surface area contributed by atoms with Crippen LogP contribution in [0.3, 0.4) is 0 Å². The van der Waals surface area contributed by atoms with Crippen LogP contribution in [0.4, 0.5) is 5.13 Å². The topological polar surface area (TPSA) is 99.0 Å². The number of anilines is 1. The van der Waals surface area contributed by atoms with Gasteiger partial charge in [-0.15, -0.1) is 5.10 Å². The zero-order valence-corrected chi connectivity index (χ0v) is 15.4. The van der Waals surface area contributed by atoms with E-state index >= 15 is 0 Å². The molecule has 0 unspecified atom stereocenters. The molecule has 0 spiro atoms. The molecule has 0 saturated carbocycles. The van der Waals surface area contributed by atoms with Crippen molar-refractivity contribution < 1.29 is 14.3 Å². The molecule has 4 rings (SSSR count). The number of hydrogen-bond acceptors (Lipinski definition) is 7. The summed E-state index contributed by atoms with van der Waals surface area (Å²) in [6, 6.07) is 14.5. The number of aromatic nitrogens is 4. The number of nitrogens with zero attached hydrogens (tertiary/aromatic N) is 4. The van der Waals surface area contributed by atoms with E-state index in [1.807, 2.05) is 24.3 Å². The van der Waals surface area contributed by atoms with Crippen molar-refractivity contribution in [2.75, 3.05) is 5.32 Å². The van der Waals surface area contributed by atoms with Crippen LogP contribution in [0.15, 0.2) is 54.7 Å². The second-order valence-corrected chi connectivity index (χ2v) is 6.95. The lowest BCUT2D eigenvalue weighted by molar-refractivity contribution is -0.116. The van der Waals surface area contributed by atoms with Gasteiger partial charge in [0, 0.05) is 5.56 Å². The summed E-state index contributed by atoms with van der Waals surface area (Å²) >= 11 is 1.42. The van der Waals surface area contributed by atoms with E-state index in [1.165, 1.54) is 16.0 Å². The molecule has 4 aromatic rings. The summed E-state index contributed by atoms with van der Waals surface area (Å²) in [6.45, 7) is 0.233. The highest BCUT2D eigenvalue weighted by Gasteiger charge is 2.10. The van der Waals surface area contributed by atoms with E-state index in [1.54, 1.807) is 30.5 Å². The molecular weight excluding hydrogens is 378 g/mol. The maximum Gasteiger partial charge on any atom is 0.247 e. The average Bonchev–Trinajstić information content (AvgIpc) is 3.32. The predicted octanol–water partition coefficient (Wildman–Crippen LogP) is 2.92. The van der Waals surface area contributed by atoms with Crippen molar-refractivity contribution in [2.45, 2.75) is 13.2 Å². The molecule has 8 nitrogen and oxygen atoms in total. The van der Waals surface area contributed by atoms with Crippen molar-refractivity contribution in [3.63, 3.8) is 0 Å². The third-order valence-electron chi connectivity index (χ3n) is 3.83. The number of aldehydes is 1. The number of carbonyl (C=O) groups excluding carboxylic acids is 2. The number of hydrogen-bond donors (Lipinski definition) is 1. The third kappa shape index (κ3) is 4.21. The SMILES string of the molecule is O=Cc1ccc(OCc2cn(CC(=O)Nc3nc4ccccc4s3)nn2)cc1. The van der Waals surface area contributed by atoms with Crippen LogP contribution in [0, 0.1) is 0 Å². The summed E-state index contributed by atoms with van der Waals surface area (Å²) in [5.41, 5.74) is 2.02. The summed E-state index contributed by atoms with van der Waals surface area (Å²) in [5.74, 6) is 0.384. The second kappa shape index (κ2) is 7.97. The van der Waals surface area contributed by atoms with Gasteiger partial charge in [-0.25, -0.2) is 9.67 Å². The molecule has 0 radical (unpaired) electrons. The number of ether oxygens (including phenoxy) is 1. The molecule has 0 saturated heterocycles. The van der Waals surface area contributed by atoms with Gasteiger partial charge in [0.1, 0.15) is 30.9 Å². The summed E-state index contributed by atoms with van der Waals surface area (Å²) < 4.78 is 8.05. The van der Waals surface area contributed by atoms with Crippen LogP contribution in [0.1, 0.15) is 16.1 Å². The smallest absolute Gasteiger partial charge is 0.247 e. The number of amides is 1. The van der Waals surface area contributed by atoms with Gasteiger partial charge < -0.3 is 10.1 Å². The van der Waals surface area contributed by atoms with Crippen LogP contribution < -0.4 is 10.1 Å². The summed E-state index contributed by atoms with van der Waals surface area (Å²) in [6.07, 6.45) is 2.42. The van der Waals surface area contributed by atoms with Crippen molar-refractivity contribution in [2.24, 2.45) is 0 Å². The Hall–Kier alpha value is -3.59. The molecule has 0 bridgehead atoms. The Morgan fingerprint density at radius 1 is 1.18 bits per heavy atom. The number of carbonyl (C=O) groups is 2. The molecule has 0 aliphatic rings. The lowest BCUT2D eigenvalue weighted by atomic mass is 10.2. The molecule has 0 aliphatic heterocycles. The van der Waals surface area contributed by atoms with Crippen molar-refractivity contribution in [1.82, 2.24) is 20.0 Å².